The topological polar surface area (TPSA) is 86.1 Å². The highest BCUT2D eigenvalue weighted by molar-refractivity contribution is 9.10. The molecule has 3 aromatic rings. The van der Waals surface area contributed by atoms with Gasteiger partial charge in [-0.25, -0.2) is 4.98 Å². The molecule has 0 bridgehead atoms. The largest absolute Gasteiger partial charge is 0.494 e. The number of halogens is 1. The van der Waals surface area contributed by atoms with Crippen molar-refractivity contribution in [2.75, 3.05) is 13.2 Å². The molecule has 2 heterocycles. The summed E-state index contributed by atoms with van der Waals surface area (Å²) in [5.74, 6) is 0.536. The van der Waals surface area contributed by atoms with Gasteiger partial charge in [-0.3, -0.25) is 19.1 Å². The Balaban J connectivity index is 1.45. The number of carbonyl (C=O) groups is 1. The maximum absolute atomic E-state index is 12.3. The van der Waals surface area contributed by atoms with E-state index in [1.54, 1.807) is 6.07 Å². The maximum Gasteiger partial charge on any atom is 0.261 e. The predicted octanol–water partition coefficient (Wildman–Crippen LogP) is 2.14. The van der Waals surface area contributed by atoms with E-state index in [0.29, 0.717) is 30.5 Å². The van der Waals surface area contributed by atoms with Gasteiger partial charge in [0, 0.05) is 17.2 Å². The molecule has 0 aliphatic carbocycles. The standard InChI is InChI=1S/C18H17BrN4O3/c19-13-2-4-14(5-3-13)26-9-1-7-21-17(24)11-23-12-22-16-10-20-8-6-15(16)18(23)25/h2-6,8,10,12H,1,7,9,11H2,(H,21,24). The molecule has 7 nitrogen and oxygen atoms in total. The summed E-state index contributed by atoms with van der Waals surface area (Å²) in [5.41, 5.74) is 0.255. The molecule has 0 aliphatic rings. The number of benzene rings is 1. The van der Waals surface area contributed by atoms with Crippen LogP contribution in [0.3, 0.4) is 0 Å². The van der Waals surface area contributed by atoms with Gasteiger partial charge in [-0.2, -0.15) is 0 Å². The average Bonchev–Trinajstić information content (AvgIpc) is 2.65. The summed E-state index contributed by atoms with van der Waals surface area (Å²) in [6, 6.07) is 9.15. The molecule has 0 aliphatic heterocycles. The molecule has 0 spiro atoms. The molecule has 26 heavy (non-hydrogen) atoms. The second kappa shape index (κ2) is 8.57. The van der Waals surface area contributed by atoms with Gasteiger partial charge in [0.15, 0.2) is 0 Å². The molecule has 2 aromatic heterocycles. The molecule has 3 rings (SSSR count). The Kier molecular flexibility index (Phi) is 5.96. The van der Waals surface area contributed by atoms with Crippen LogP contribution in [0.15, 0.2) is 58.3 Å². The number of fused-ring (bicyclic) bond motifs is 1. The van der Waals surface area contributed by atoms with Gasteiger partial charge in [0.2, 0.25) is 5.91 Å². The van der Waals surface area contributed by atoms with Crippen molar-refractivity contribution in [2.24, 2.45) is 0 Å². The van der Waals surface area contributed by atoms with Crippen LogP contribution < -0.4 is 15.6 Å². The summed E-state index contributed by atoms with van der Waals surface area (Å²) in [6.45, 7) is 0.888. The number of ether oxygens (including phenoxy) is 1. The monoisotopic (exact) mass is 416 g/mol. The molecule has 1 aromatic carbocycles. The SMILES string of the molecule is O=C(Cn1cnc2cnccc2c1=O)NCCCOc1ccc(Br)cc1. The minimum atomic E-state index is -0.258. The lowest BCUT2D eigenvalue weighted by Gasteiger charge is -2.09. The van der Waals surface area contributed by atoms with Crippen molar-refractivity contribution in [2.45, 2.75) is 13.0 Å². The van der Waals surface area contributed by atoms with E-state index in [0.717, 1.165) is 10.2 Å². The van der Waals surface area contributed by atoms with Gasteiger partial charge in [0.1, 0.15) is 12.3 Å². The van der Waals surface area contributed by atoms with Crippen LogP contribution in [0.2, 0.25) is 0 Å². The van der Waals surface area contributed by atoms with Crippen LogP contribution in [0.4, 0.5) is 0 Å². The average molecular weight is 417 g/mol. The van der Waals surface area contributed by atoms with Gasteiger partial charge in [-0.15, -0.1) is 0 Å². The second-order valence-corrected chi connectivity index (χ2v) is 6.49. The van der Waals surface area contributed by atoms with Crippen LogP contribution in [0.1, 0.15) is 6.42 Å². The fourth-order valence-electron chi connectivity index (χ4n) is 2.35. The number of carbonyl (C=O) groups excluding carboxylic acids is 1. The highest BCUT2D eigenvalue weighted by Gasteiger charge is 2.07. The fraction of sp³-hybridized carbons (Fsp3) is 0.222. The minimum Gasteiger partial charge on any atom is -0.494 e. The first-order valence-corrected chi connectivity index (χ1v) is 8.87. The van der Waals surface area contributed by atoms with Crippen LogP contribution in [0, 0.1) is 0 Å². The van der Waals surface area contributed by atoms with E-state index < -0.39 is 0 Å². The molecule has 134 valence electrons. The minimum absolute atomic E-state index is 0.0718. The number of rotatable bonds is 7. The molecule has 1 amide bonds. The molecule has 0 radical (unpaired) electrons. The number of nitrogens with one attached hydrogen (secondary N) is 1. The van der Waals surface area contributed by atoms with Gasteiger partial charge in [-0.05, 0) is 36.8 Å². The molecule has 0 atom stereocenters. The number of amides is 1. The third-order valence-electron chi connectivity index (χ3n) is 3.67. The zero-order valence-electron chi connectivity index (χ0n) is 13.9. The Morgan fingerprint density at radius 3 is 2.85 bits per heavy atom. The second-order valence-electron chi connectivity index (χ2n) is 5.58. The van der Waals surface area contributed by atoms with Crippen molar-refractivity contribution in [1.82, 2.24) is 19.9 Å². The summed E-state index contributed by atoms with van der Waals surface area (Å²) >= 11 is 3.37. The molecule has 8 heteroatoms. The number of hydrogen-bond acceptors (Lipinski definition) is 5. The zero-order valence-corrected chi connectivity index (χ0v) is 15.5. The van der Waals surface area contributed by atoms with Crippen molar-refractivity contribution in [1.29, 1.82) is 0 Å². The van der Waals surface area contributed by atoms with Crippen molar-refractivity contribution in [3.8, 4) is 5.75 Å². The summed E-state index contributed by atoms with van der Waals surface area (Å²) in [5, 5.41) is 3.22. The molecule has 0 saturated heterocycles. The Morgan fingerprint density at radius 1 is 1.23 bits per heavy atom. The van der Waals surface area contributed by atoms with Crippen molar-refractivity contribution in [3.63, 3.8) is 0 Å². The van der Waals surface area contributed by atoms with Crippen molar-refractivity contribution in [3.05, 3.63) is 63.9 Å². The van der Waals surface area contributed by atoms with Crippen LogP contribution >= 0.6 is 15.9 Å². The summed E-state index contributed by atoms with van der Waals surface area (Å²) in [4.78, 5) is 32.4. The third-order valence-corrected chi connectivity index (χ3v) is 4.20. The highest BCUT2D eigenvalue weighted by Crippen LogP contribution is 2.16. The van der Waals surface area contributed by atoms with E-state index in [1.165, 1.54) is 23.3 Å². The molecule has 0 unspecified atom stereocenters. The lowest BCUT2D eigenvalue weighted by molar-refractivity contribution is -0.121. The maximum atomic E-state index is 12.3. The smallest absolute Gasteiger partial charge is 0.261 e. The molecular weight excluding hydrogens is 400 g/mol. The Labute approximate surface area is 158 Å². The van der Waals surface area contributed by atoms with Gasteiger partial charge in [-0.1, -0.05) is 15.9 Å². The van der Waals surface area contributed by atoms with Crippen molar-refractivity contribution < 1.29 is 9.53 Å². The zero-order chi connectivity index (χ0) is 18.4. The van der Waals surface area contributed by atoms with E-state index in [4.69, 9.17) is 4.74 Å². The first-order valence-electron chi connectivity index (χ1n) is 8.08. The van der Waals surface area contributed by atoms with Crippen molar-refractivity contribution >= 4 is 32.7 Å². The lowest BCUT2D eigenvalue weighted by Crippen LogP contribution is -2.33. The highest BCUT2D eigenvalue weighted by atomic mass is 79.9. The van der Waals surface area contributed by atoms with E-state index >= 15 is 0 Å². The van der Waals surface area contributed by atoms with Crippen LogP contribution in [-0.2, 0) is 11.3 Å². The molecule has 0 fully saturated rings. The molecule has 0 saturated carbocycles. The van der Waals surface area contributed by atoms with Gasteiger partial charge < -0.3 is 10.1 Å². The normalized spacial score (nSPS) is 10.7. The molecular formula is C18H17BrN4O3. The van der Waals surface area contributed by atoms with E-state index in [-0.39, 0.29) is 18.0 Å². The van der Waals surface area contributed by atoms with Gasteiger partial charge >= 0.3 is 0 Å². The van der Waals surface area contributed by atoms with Crippen LogP contribution in [0.25, 0.3) is 10.9 Å². The summed E-state index contributed by atoms with van der Waals surface area (Å²) in [7, 11) is 0. The first-order chi connectivity index (χ1) is 12.6. The number of hydrogen-bond donors (Lipinski definition) is 1. The number of pyridine rings is 1. The van der Waals surface area contributed by atoms with E-state index in [9.17, 15) is 9.59 Å². The van der Waals surface area contributed by atoms with Gasteiger partial charge in [0.05, 0.1) is 30.0 Å². The Hall–Kier alpha value is -2.74. The lowest BCUT2D eigenvalue weighted by atomic mass is 10.3. The molecule has 1 N–H and O–H groups in total. The number of nitrogens with zero attached hydrogens (tertiary/aromatic N) is 3. The van der Waals surface area contributed by atoms with E-state index in [2.05, 4.69) is 31.2 Å². The first kappa shape index (κ1) is 18.1. The Bertz CT molecular complexity index is 957. The summed E-state index contributed by atoms with van der Waals surface area (Å²) < 4.78 is 7.87. The van der Waals surface area contributed by atoms with Gasteiger partial charge in [0.25, 0.3) is 5.56 Å². The fourth-order valence-corrected chi connectivity index (χ4v) is 2.62. The third kappa shape index (κ3) is 4.66. The Morgan fingerprint density at radius 2 is 2.04 bits per heavy atom. The van der Waals surface area contributed by atoms with Crippen LogP contribution in [-0.4, -0.2) is 33.6 Å². The predicted molar refractivity (Wildman–Crippen MR) is 101 cm³/mol. The quantitative estimate of drug-likeness (QED) is 0.596. The summed E-state index contributed by atoms with van der Waals surface area (Å²) in [6.07, 6.45) is 5.08. The van der Waals surface area contributed by atoms with E-state index in [1.807, 2.05) is 24.3 Å². The number of aromatic nitrogens is 3. The van der Waals surface area contributed by atoms with Crippen LogP contribution in [0.5, 0.6) is 5.75 Å².